The van der Waals surface area contributed by atoms with E-state index in [0.717, 1.165) is 23.5 Å². The minimum Gasteiger partial charge on any atom is -0.465 e. The fourth-order valence-corrected chi connectivity index (χ4v) is 2.22. The number of aliphatic hydroxyl groups is 1. The number of furan rings is 1. The van der Waals surface area contributed by atoms with Gasteiger partial charge in [-0.05, 0) is 31.0 Å². The highest BCUT2D eigenvalue weighted by molar-refractivity contribution is 5.20. The van der Waals surface area contributed by atoms with Gasteiger partial charge in [0.05, 0.1) is 18.7 Å². The molecule has 2 aromatic rings. The second-order valence-electron chi connectivity index (χ2n) is 4.72. The molecule has 1 aromatic carbocycles. The average Bonchev–Trinajstić information content (AvgIpc) is 2.88. The zero-order valence-electron chi connectivity index (χ0n) is 11.5. The normalized spacial score (nSPS) is 14.3. The van der Waals surface area contributed by atoms with E-state index >= 15 is 0 Å². The number of nitrogens with one attached hydrogen (secondary N) is 1. The molecule has 19 heavy (non-hydrogen) atoms. The monoisotopic (exact) mass is 259 g/mol. The highest BCUT2D eigenvalue weighted by Gasteiger charge is 2.18. The molecule has 0 amide bonds. The summed E-state index contributed by atoms with van der Waals surface area (Å²) in [5.74, 6) is 1.84. The Kier molecular flexibility index (Phi) is 4.77. The Morgan fingerprint density at radius 3 is 2.37 bits per heavy atom. The Morgan fingerprint density at radius 2 is 1.84 bits per heavy atom. The van der Waals surface area contributed by atoms with Gasteiger partial charge in [-0.15, -0.1) is 0 Å². The predicted molar refractivity (Wildman–Crippen MR) is 75.9 cm³/mol. The minimum absolute atomic E-state index is 0.0696. The Morgan fingerprint density at radius 1 is 1.11 bits per heavy atom. The van der Waals surface area contributed by atoms with Crippen molar-refractivity contribution in [3.63, 3.8) is 0 Å². The lowest BCUT2D eigenvalue weighted by atomic mass is 10.0. The van der Waals surface area contributed by atoms with Crippen molar-refractivity contribution in [3.8, 4) is 0 Å². The van der Waals surface area contributed by atoms with Crippen LogP contribution in [0.25, 0.3) is 0 Å². The molecule has 0 saturated heterocycles. The van der Waals surface area contributed by atoms with Crippen LogP contribution in [0.15, 0.2) is 46.9 Å². The number of aryl methyl sites for hydroxylation is 1. The number of benzene rings is 1. The molecule has 0 aliphatic rings. The van der Waals surface area contributed by atoms with Gasteiger partial charge < -0.3 is 9.52 Å². The van der Waals surface area contributed by atoms with Crippen molar-refractivity contribution in [2.45, 2.75) is 32.4 Å². The SMILES string of the molecule is CC[C@@H](N[C@@H](CO)c1ccccc1)c1ccc(C)o1. The lowest BCUT2D eigenvalue weighted by molar-refractivity contribution is 0.225. The molecular formula is C16H21NO2. The van der Waals surface area contributed by atoms with Crippen LogP contribution >= 0.6 is 0 Å². The van der Waals surface area contributed by atoms with Crippen LogP contribution < -0.4 is 5.32 Å². The van der Waals surface area contributed by atoms with E-state index in [4.69, 9.17) is 4.42 Å². The van der Waals surface area contributed by atoms with E-state index in [1.54, 1.807) is 0 Å². The second kappa shape index (κ2) is 6.55. The molecule has 2 N–H and O–H groups in total. The third kappa shape index (κ3) is 3.46. The van der Waals surface area contributed by atoms with Crippen LogP contribution in [0.2, 0.25) is 0 Å². The predicted octanol–water partition coefficient (Wildman–Crippen LogP) is 3.36. The summed E-state index contributed by atoms with van der Waals surface area (Å²) in [5.41, 5.74) is 1.09. The average molecular weight is 259 g/mol. The first-order valence-corrected chi connectivity index (χ1v) is 6.72. The minimum atomic E-state index is -0.0726. The molecule has 0 radical (unpaired) electrons. The molecule has 1 aromatic heterocycles. The first-order valence-electron chi connectivity index (χ1n) is 6.72. The Balaban J connectivity index is 2.12. The molecule has 0 fully saturated rings. The second-order valence-corrected chi connectivity index (χ2v) is 4.72. The number of rotatable bonds is 6. The van der Waals surface area contributed by atoms with Crippen LogP contribution in [0, 0.1) is 6.92 Å². The maximum absolute atomic E-state index is 9.58. The van der Waals surface area contributed by atoms with Crippen molar-refractivity contribution in [1.82, 2.24) is 5.32 Å². The zero-order chi connectivity index (χ0) is 13.7. The summed E-state index contributed by atoms with van der Waals surface area (Å²) < 4.78 is 5.67. The summed E-state index contributed by atoms with van der Waals surface area (Å²) >= 11 is 0. The number of aliphatic hydroxyl groups excluding tert-OH is 1. The van der Waals surface area contributed by atoms with Gasteiger partial charge in [-0.25, -0.2) is 0 Å². The zero-order valence-corrected chi connectivity index (χ0v) is 11.5. The number of hydrogen-bond acceptors (Lipinski definition) is 3. The van der Waals surface area contributed by atoms with Crippen molar-refractivity contribution < 1.29 is 9.52 Å². The lowest BCUT2D eigenvalue weighted by Gasteiger charge is -2.22. The highest BCUT2D eigenvalue weighted by Crippen LogP contribution is 2.23. The summed E-state index contributed by atoms with van der Waals surface area (Å²) in [5, 5.41) is 13.0. The van der Waals surface area contributed by atoms with Gasteiger partial charge in [-0.2, -0.15) is 0 Å². The molecule has 0 bridgehead atoms. The van der Waals surface area contributed by atoms with Crippen molar-refractivity contribution in [1.29, 1.82) is 0 Å². The molecule has 2 rings (SSSR count). The van der Waals surface area contributed by atoms with Gasteiger partial charge in [0.1, 0.15) is 11.5 Å². The van der Waals surface area contributed by atoms with Crippen LogP contribution in [0.1, 0.15) is 42.5 Å². The fraction of sp³-hybridized carbons (Fsp3) is 0.375. The topological polar surface area (TPSA) is 45.4 Å². The first kappa shape index (κ1) is 13.8. The van der Waals surface area contributed by atoms with Gasteiger partial charge in [-0.1, -0.05) is 37.3 Å². The molecule has 0 spiro atoms. The van der Waals surface area contributed by atoms with Gasteiger partial charge in [-0.3, -0.25) is 5.32 Å². The van der Waals surface area contributed by atoms with Gasteiger partial charge in [0.2, 0.25) is 0 Å². The molecule has 0 aliphatic carbocycles. The van der Waals surface area contributed by atoms with Crippen LogP contribution in [0.3, 0.4) is 0 Å². The molecule has 1 heterocycles. The maximum Gasteiger partial charge on any atom is 0.121 e. The Bertz CT molecular complexity index is 492. The van der Waals surface area contributed by atoms with Gasteiger partial charge in [0, 0.05) is 0 Å². The quantitative estimate of drug-likeness (QED) is 0.836. The summed E-state index contributed by atoms with van der Waals surface area (Å²) in [6, 6.07) is 14.0. The van der Waals surface area contributed by atoms with E-state index in [0.29, 0.717) is 0 Å². The van der Waals surface area contributed by atoms with Crippen LogP contribution in [0.4, 0.5) is 0 Å². The Labute approximate surface area is 114 Å². The molecule has 0 aliphatic heterocycles. The van der Waals surface area contributed by atoms with E-state index in [9.17, 15) is 5.11 Å². The van der Waals surface area contributed by atoms with Crippen molar-refractivity contribution >= 4 is 0 Å². The fourth-order valence-electron chi connectivity index (χ4n) is 2.22. The Hall–Kier alpha value is -1.58. The van der Waals surface area contributed by atoms with E-state index in [1.807, 2.05) is 49.4 Å². The highest BCUT2D eigenvalue weighted by atomic mass is 16.3. The third-order valence-electron chi connectivity index (χ3n) is 3.30. The van der Waals surface area contributed by atoms with Crippen LogP contribution in [0.5, 0.6) is 0 Å². The number of hydrogen-bond donors (Lipinski definition) is 2. The van der Waals surface area contributed by atoms with Gasteiger partial charge in [0.25, 0.3) is 0 Å². The molecule has 3 nitrogen and oxygen atoms in total. The van der Waals surface area contributed by atoms with E-state index in [-0.39, 0.29) is 18.7 Å². The molecule has 0 saturated carbocycles. The third-order valence-corrected chi connectivity index (χ3v) is 3.30. The van der Waals surface area contributed by atoms with Gasteiger partial charge >= 0.3 is 0 Å². The van der Waals surface area contributed by atoms with Crippen molar-refractivity contribution in [3.05, 3.63) is 59.5 Å². The maximum atomic E-state index is 9.58. The van der Waals surface area contributed by atoms with Crippen molar-refractivity contribution in [2.75, 3.05) is 6.61 Å². The summed E-state index contributed by atoms with van der Waals surface area (Å²) in [6.07, 6.45) is 0.913. The molecule has 2 atom stereocenters. The molecule has 102 valence electrons. The summed E-state index contributed by atoms with van der Waals surface area (Å²) in [4.78, 5) is 0. The standard InChI is InChI=1S/C16H21NO2/c1-3-14(16-10-9-12(2)19-16)17-15(11-18)13-7-5-4-6-8-13/h4-10,14-15,17-18H,3,11H2,1-2H3/t14-,15+/m1/s1. The first-order chi connectivity index (χ1) is 9.24. The van der Waals surface area contributed by atoms with Gasteiger partial charge in [0.15, 0.2) is 0 Å². The molecular weight excluding hydrogens is 238 g/mol. The van der Waals surface area contributed by atoms with Crippen molar-refractivity contribution in [2.24, 2.45) is 0 Å². The van der Waals surface area contributed by atoms with Crippen LogP contribution in [-0.4, -0.2) is 11.7 Å². The van der Waals surface area contributed by atoms with E-state index < -0.39 is 0 Å². The lowest BCUT2D eigenvalue weighted by Crippen LogP contribution is -2.28. The summed E-state index contributed by atoms with van der Waals surface area (Å²) in [7, 11) is 0. The molecule has 3 heteroatoms. The van der Waals surface area contributed by atoms with E-state index in [1.165, 1.54) is 0 Å². The van der Waals surface area contributed by atoms with Crippen LogP contribution in [-0.2, 0) is 0 Å². The molecule has 0 unspecified atom stereocenters. The largest absolute Gasteiger partial charge is 0.465 e. The van der Waals surface area contributed by atoms with E-state index in [2.05, 4.69) is 12.2 Å². The summed E-state index contributed by atoms with van der Waals surface area (Å²) in [6.45, 7) is 4.12. The smallest absolute Gasteiger partial charge is 0.121 e.